The summed E-state index contributed by atoms with van der Waals surface area (Å²) in [5, 5.41) is 10.2. The van der Waals surface area contributed by atoms with Crippen molar-refractivity contribution in [3.8, 4) is 11.3 Å². The average molecular weight is 231 g/mol. The predicted molar refractivity (Wildman–Crippen MR) is 67.3 cm³/mol. The molecule has 1 heterocycles. The fourth-order valence-corrected chi connectivity index (χ4v) is 1.47. The molecule has 88 valence electrons. The third-order valence-electron chi connectivity index (χ3n) is 2.37. The molecule has 0 saturated carbocycles. The molecule has 0 unspecified atom stereocenters. The number of hydrogen-bond donors (Lipinski definition) is 2. The minimum absolute atomic E-state index is 0.236. The number of allylic oxidation sites excluding steroid dienone is 1. The molecule has 0 atom stereocenters. The molecule has 1 aromatic carbocycles. The molecule has 0 saturated heterocycles. The molecule has 1 aromatic heterocycles. The van der Waals surface area contributed by atoms with Gasteiger partial charge in [0.25, 0.3) is 0 Å². The second-order valence-electron chi connectivity index (χ2n) is 3.62. The molecular weight excluding hydrogens is 217 g/mol. The highest BCUT2D eigenvalue weighted by molar-refractivity contribution is 5.62. The van der Waals surface area contributed by atoms with Gasteiger partial charge in [-0.25, -0.2) is 4.39 Å². The Morgan fingerprint density at radius 1 is 1.35 bits per heavy atom. The van der Waals surface area contributed by atoms with Crippen LogP contribution in [0.4, 0.5) is 10.2 Å². The van der Waals surface area contributed by atoms with Crippen molar-refractivity contribution < 1.29 is 4.39 Å². The van der Waals surface area contributed by atoms with Crippen molar-refractivity contribution in [2.45, 2.75) is 6.92 Å². The first-order valence-corrected chi connectivity index (χ1v) is 5.46. The first-order chi connectivity index (χ1) is 8.29. The molecule has 0 aliphatic rings. The molecule has 0 amide bonds. The van der Waals surface area contributed by atoms with Gasteiger partial charge in [-0.05, 0) is 36.8 Å². The van der Waals surface area contributed by atoms with Gasteiger partial charge in [-0.3, -0.25) is 5.10 Å². The number of H-pyrrole nitrogens is 1. The van der Waals surface area contributed by atoms with Gasteiger partial charge in [-0.2, -0.15) is 5.10 Å². The van der Waals surface area contributed by atoms with Crippen LogP contribution in [-0.2, 0) is 0 Å². The molecule has 3 nitrogen and oxygen atoms in total. The van der Waals surface area contributed by atoms with Gasteiger partial charge in [-0.15, -0.1) is 0 Å². The van der Waals surface area contributed by atoms with Crippen molar-refractivity contribution >= 4 is 5.82 Å². The van der Waals surface area contributed by atoms with Gasteiger partial charge in [-0.1, -0.05) is 12.2 Å². The maximum atomic E-state index is 12.8. The van der Waals surface area contributed by atoms with Crippen LogP contribution in [0.3, 0.4) is 0 Å². The second-order valence-corrected chi connectivity index (χ2v) is 3.62. The van der Waals surface area contributed by atoms with Crippen LogP contribution in [0.15, 0.2) is 42.5 Å². The van der Waals surface area contributed by atoms with Crippen molar-refractivity contribution in [1.82, 2.24) is 10.2 Å². The van der Waals surface area contributed by atoms with E-state index in [1.165, 1.54) is 12.1 Å². The van der Waals surface area contributed by atoms with Gasteiger partial charge in [0.1, 0.15) is 11.6 Å². The number of aromatic amines is 1. The molecular formula is C13H14FN3. The summed E-state index contributed by atoms with van der Waals surface area (Å²) in [4.78, 5) is 0. The van der Waals surface area contributed by atoms with Gasteiger partial charge in [0.15, 0.2) is 0 Å². The highest BCUT2D eigenvalue weighted by Gasteiger charge is 2.02. The van der Waals surface area contributed by atoms with E-state index in [1.807, 2.05) is 25.1 Å². The van der Waals surface area contributed by atoms with Crippen molar-refractivity contribution in [2.75, 3.05) is 11.9 Å². The first kappa shape index (κ1) is 11.4. The zero-order valence-electron chi connectivity index (χ0n) is 9.57. The summed E-state index contributed by atoms with van der Waals surface area (Å²) in [7, 11) is 0. The summed E-state index contributed by atoms with van der Waals surface area (Å²) < 4.78 is 12.8. The van der Waals surface area contributed by atoms with E-state index in [2.05, 4.69) is 15.5 Å². The van der Waals surface area contributed by atoms with Crippen LogP contribution in [0.25, 0.3) is 11.3 Å². The summed E-state index contributed by atoms with van der Waals surface area (Å²) in [6.45, 7) is 2.71. The molecule has 0 radical (unpaired) electrons. The molecule has 4 heteroatoms. The number of hydrogen-bond acceptors (Lipinski definition) is 2. The number of nitrogens with zero attached hydrogens (tertiary/aromatic N) is 1. The Morgan fingerprint density at radius 2 is 2.12 bits per heavy atom. The summed E-state index contributed by atoms with van der Waals surface area (Å²) in [5.74, 6) is 0.544. The fraction of sp³-hybridized carbons (Fsp3) is 0.154. The largest absolute Gasteiger partial charge is 0.365 e. The number of benzene rings is 1. The smallest absolute Gasteiger partial charge is 0.148 e. The maximum absolute atomic E-state index is 12.8. The van der Waals surface area contributed by atoms with E-state index in [4.69, 9.17) is 0 Å². The summed E-state index contributed by atoms with van der Waals surface area (Å²) in [6.07, 6.45) is 3.98. The van der Waals surface area contributed by atoms with Gasteiger partial charge < -0.3 is 5.32 Å². The number of anilines is 1. The summed E-state index contributed by atoms with van der Waals surface area (Å²) in [6, 6.07) is 8.21. The summed E-state index contributed by atoms with van der Waals surface area (Å²) >= 11 is 0. The third kappa shape index (κ3) is 2.93. The van der Waals surface area contributed by atoms with Crippen molar-refractivity contribution in [3.63, 3.8) is 0 Å². The zero-order chi connectivity index (χ0) is 12.1. The molecule has 0 aliphatic carbocycles. The predicted octanol–water partition coefficient (Wildman–Crippen LogP) is 3.20. The van der Waals surface area contributed by atoms with E-state index in [0.717, 1.165) is 23.6 Å². The molecule has 2 aromatic rings. The molecule has 0 spiro atoms. The Bertz CT molecular complexity index is 500. The van der Waals surface area contributed by atoms with E-state index in [9.17, 15) is 4.39 Å². The highest BCUT2D eigenvalue weighted by Crippen LogP contribution is 2.19. The van der Waals surface area contributed by atoms with E-state index < -0.39 is 0 Å². The van der Waals surface area contributed by atoms with Crippen molar-refractivity contribution in [1.29, 1.82) is 0 Å². The Labute approximate surface area is 99.4 Å². The van der Waals surface area contributed by atoms with Crippen LogP contribution in [-0.4, -0.2) is 16.7 Å². The number of halogens is 1. The fourth-order valence-electron chi connectivity index (χ4n) is 1.47. The molecule has 17 heavy (non-hydrogen) atoms. The van der Waals surface area contributed by atoms with E-state index >= 15 is 0 Å². The maximum Gasteiger partial charge on any atom is 0.148 e. The van der Waals surface area contributed by atoms with E-state index in [0.29, 0.717) is 0 Å². The zero-order valence-corrected chi connectivity index (χ0v) is 9.57. The topological polar surface area (TPSA) is 40.7 Å². The van der Waals surface area contributed by atoms with Crippen LogP contribution in [0, 0.1) is 5.82 Å². The monoisotopic (exact) mass is 231 g/mol. The lowest BCUT2D eigenvalue weighted by Gasteiger charge is -1.96. The second kappa shape index (κ2) is 5.30. The Hall–Kier alpha value is -2.10. The van der Waals surface area contributed by atoms with Gasteiger partial charge in [0.2, 0.25) is 0 Å². The number of aromatic nitrogens is 2. The SMILES string of the molecule is C/C=C\CNc1cc(-c2ccc(F)cc2)[nH]n1. The van der Waals surface area contributed by atoms with Crippen LogP contribution in [0.5, 0.6) is 0 Å². The van der Waals surface area contributed by atoms with Crippen LogP contribution >= 0.6 is 0 Å². The minimum Gasteiger partial charge on any atom is -0.365 e. The van der Waals surface area contributed by atoms with E-state index in [1.54, 1.807) is 12.1 Å². The van der Waals surface area contributed by atoms with Gasteiger partial charge in [0, 0.05) is 12.6 Å². The standard InChI is InChI=1S/C13H14FN3/c1-2-3-8-15-13-9-12(16-17-13)10-4-6-11(14)7-5-10/h2-7,9H,8H2,1H3,(H2,15,16,17)/b3-2-. The Morgan fingerprint density at radius 3 is 2.82 bits per heavy atom. The van der Waals surface area contributed by atoms with E-state index in [-0.39, 0.29) is 5.82 Å². The summed E-state index contributed by atoms with van der Waals surface area (Å²) in [5.41, 5.74) is 1.78. The normalized spacial score (nSPS) is 10.9. The highest BCUT2D eigenvalue weighted by atomic mass is 19.1. The van der Waals surface area contributed by atoms with Gasteiger partial charge in [0.05, 0.1) is 5.69 Å². The van der Waals surface area contributed by atoms with Crippen LogP contribution < -0.4 is 5.32 Å². The third-order valence-corrected chi connectivity index (χ3v) is 2.37. The van der Waals surface area contributed by atoms with Crippen molar-refractivity contribution in [2.24, 2.45) is 0 Å². The number of nitrogens with one attached hydrogen (secondary N) is 2. The van der Waals surface area contributed by atoms with Crippen LogP contribution in [0.2, 0.25) is 0 Å². The molecule has 0 aliphatic heterocycles. The van der Waals surface area contributed by atoms with Crippen molar-refractivity contribution in [3.05, 3.63) is 48.3 Å². The molecule has 2 rings (SSSR count). The minimum atomic E-state index is -0.236. The molecule has 2 N–H and O–H groups in total. The molecule has 0 fully saturated rings. The quantitative estimate of drug-likeness (QED) is 0.793. The molecule has 0 bridgehead atoms. The average Bonchev–Trinajstić information content (AvgIpc) is 2.79. The lowest BCUT2D eigenvalue weighted by Crippen LogP contribution is -1.97. The first-order valence-electron chi connectivity index (χ1n) is 5.46. The Balaban J connectivity index is 2.09. The Kier molecular flexibility index (Phi) is 3.55. The lowest BCUT2D eigenvalue weighted by atomic mass is 10.1. The van der Waals surface area contributed by atoms with Crippen LogP contribution in [0.1, 0.15) is 6.92 Å². The van der Waals surface area contributed by atoms with Gasteiger partial charge >= 0.3 is 0 Å². The number of rotatable bonds is 4. The lowest BCUT2D eigenvalue weighted by molar-refractivity contribution is 0.628.